The van der Waals surface area contributed by atoms with Crippen molar-refractivity contribution in [3.8, 4) is 5.75 Å². The van der Waals surface area contributed by atoms with Gasteiger partial charge in [-0.05, 0) is 40.7 Å². The van der Waals surface area contributed by atoms with Crippen LogP contribution in [-0.4, -0.2) is 17.0 Å². The number of benzene rings is 3. The van der Waals surface area contributed by atoms with Crippen LogP contribution in [0.1, 0.15) is 39.2 Å². The molecule has 0 aliphatic heterocycles. The zero-order valence-electron chi connectivity index (χ0n) is 17.5. The number of hydrogen-bond donors (Lipinski definition) is 1. The Hall–Kier alpha value is -3.14. The predicted molar refractivity (Wildman–Crippen MR) is 119 cm³/mol. The number of hydrogen-bond acceptors (Lipinski definition) is 3. The lowest BCUT2D eigenvalue weighted by Gasteiger charge is -2.25. The number of carbonyl (C=O) groups excluding carboxylic acids is 1. The SMILES string of the molecule is CC(C)(C)c1cccc2c(OC(=O)C3CC=CCC3C(=O)O)c3ccccc3cc12. The summed E-state index contributed by atoms with van der Waals surface area (Å²) in [6.45, 7) is 6.48. The molecule has 1 N–H and O–H groups in total. The maximum absolute atomic E-state index is 13.1. The molecule has 4 rings (SSSR count). The maximum Gasteiger partial charge on any atom is 0.315 e. The quantitative estimate of drug-likeness (QED) is 0.258. The van der Waals surface area contributed by atoms with Gasteiger partial charge in [-0.15, -0.1) is 0 Å². The number of allylic oxidation sites excluding steroid dienone is 2. The number of carbonyl (C=O) groups is 2. The van der Waals surface area contributed by atoms with Crippen LogP contribution >= 0.6 is 0 Å². The molecule has 0 bridgehead atoms. The van der Waals surface area contributed by atoms with E-state index in [1.165, 1.54) is 5.56 Å². The standard InChI is InChI=1S/C26H26O4/c1-26(2,3)22-14-8-13-18-21(22)15-16-9-4-5-10-17(16)23(18)30-25(29)20-12-7-6-11-19(20)24(27)28/h4-10,13-15,19-20H,11-12H2,1-3H3,(H,27,28). The number of carboxylic acid groups (broad SMARTS) is 1. The maximum atomic E-state index is 13.1. The Balaban J connectivity index is 1.87. The molecule has 0 heterocycles. The average Bonchev–Trinajstić information content (AvgIpc) is 2.72. The van der Waals surface area contributed by atoms with Crippen LogP contribution in [0.5, 0.6) is 5.75 Å². The van der Waals surface area contributed by atoms with Crippen molar-refractivity contribution < 1.29 is 19.4 Å². The zero-order chi connectivity index (χ0) is 21.5. The molecule has 0 spiro atoms. The Bertz CT molecular complexity index is 1170. The molecule has 1 aliphatic rings. The lowest BCUT2D eigenvalue weighted by atomic mass is 9.82. The molecular weight excluding hydrogens is 376 g/mol. The van der Waals surface area contributed by atoms with Crippen LogP contribution in [0.4, 0.5) is 0 Å². The normalized spacial score (nSPS) is 19.2. The van der Waals surface area contributed by atoms with Crippen molar-refractivity contribution in [2.75, 3.05) is 0 Å². The number of fused-ring (bicyclic) bond motifs is 2. The third-order valence-corrected chi connectivity index (χ3v) is 5.92. The highest BCUT2D eigenvalue weighted by Crippen LogP contribution is 2.40. The van der Waals surface area contributed by atoms with Crippen LogP contribution in [0.15, 0.2) is 60.7 Å². The number of aliphatic carboxylic acids is 1. The van der Waals surface area contributed by atoms with Crippen molar-refractivity contribution in [1.29, 1.82) is 0 Å². The second-order valence-corrected chi connectivity index (χ2v) is 8.99. The Kier molecular flexibility index (Phi) is 5.10. The van der Waals surface area contributed by atoms with E-state index in [-0.39, 0.29) is 5.41 Å². The molecule has 30 heavy (non-hydrogen) atoms. The highest BCUT2D eigenvalue weighted by atomic mass is 16.5. The fraction of sp³-hybridized carbons (Fsp3) is 0.308. The third-order valence-electron chi connectivity index (χ3n) is 5.92. The first-order valence-electron chi connectivity index (χ1n) is 10.3. The molecule has 4 nitrogen and oxygen atoms in total. The van der Waals surface area contributed by atoms with Gasteiger partial charge >= 0.3 is 11.9 Å². The van der Waals surface area contributed by atoms with Gasteiger partial charge in [0.25, 0.3) is 0 Å². The summed E-state index contributed by atoms with van der Waals surface area (Å²) in [6, 6.07) is 16.0. The number of esters is 1. The molecule has 0 aromatic heterocycles. The van der Waals surface area contributed by atoms with E-state index in [2.05, 4.69) is 32.9 Å². The van der Waals surface area contributed by atoms with E-state index in [0.29, 0.717) is 18.6 Å². The second kappa shape index (κ2) is 7.60. The first-order valence-corrected chi connectivity index (χ1v) is 10.3. The van der Waals surface area contributed by atoms with Crippen LogP contribution in [0.3, 0.4) is 0 Å². The number of rotatable bonds is 3. The van der Waals surface area contributed by atoms with E-state index < -0.39 is 23.8 Å². The van der Waals surface area contributed by atoms with Gasteiger partial charge in [-0.25, -0.2) is 0 Å². The van der Waals surface area contributed by atoms with Gasteiger partial charge < -0.3 is 9.84 Å². The van der Waals surface area contributed by atoms with Crippen molar-refractivity contribution >= 4 is 33.5 Å². The molecule has 4 heteroatoms. The largest absolute Gasteiger partial charge is 0.481 e. The minimum atomic E-state index is -0.959. The molecule has 154 valence electrons. The van der Waals surface area contributed by atoms with Crippen molar-refractivity contribution in [2.45, 2.75) is 39.0 Å². The highest BCUT2D eigenvalue weighted by molar-refractivity contribution is 6.08. The van der Waals surface area contributed by atoms with E-state index in [9.17, 15) is 14.7 Å². The lowest BCUT2D eigenvalue weighted by Crippen LogP contribution is -2.33. The summed E-state index contributed by atoms with van der Waals surface area (Å²) in [6.07, 6.45) is 4.42. The lowest BCUT2D eigenvalue weighted by molar-refractivity contribution is -0.152. The Labute approximate surface area is 176 Å². The van der Waals surface area contributed by atoms with Gasteiger partial charge in [0.05, 0.1) is 11.8 Å². The monoisotopic (exact) mass is 402 g/mol. The summed E-state index contributed by atoms with van der Waals surface area (Å²) >= 11 is 0. The van der Waals surface area contributed by atoms with Crippen LogP contribution < -0.4 is 4.74 Å². The van der Waals surface area contributed by atoms with E-state index in [1.54, 1.807) is 0 Å². The van der Waals surface area contributed by atoms with E-state index in [0.717, 1.165) is 21.5 Å². The van der Waals surface area contributed by atoms with Crippen molar-refractivity contribution in [2.24, 2.45) is 11.8 Å². The zero-order valence-corrected chi connectivity index (χ0v) is 17.5. The summed E-state index contributed by atoms with van der Waals surface area (Å²) in [4.78, 5) is 24.8. The molecule has 0 amide bonds. The highest BCUT2D eigenvalue weighted by Gasteiger charge is 2.36. The molecule has 0 saturated heterocycles. The van der Waals surface area contributed by atoms with E-state index in [4.69, 9.17) is 4.74 Å². The predicted octanol–water partition coefficient (Wildman–Crippen LogP) is 5.86. The van der Waals surface area contributed by atoms with Gasteiger partial charge in [-0.2, -0.15) is 0 Å². The Morgan fingerprint density at radius 1 is 0.900 bits per heavy atom. The molecule has 3 aromatic carbocycles. The molecule has 2 atom stereocenters. The summed E-state index contributed by atoms with van der Waals surface area (Å²) in [5, 5.41) is 13.3. The van der Waals surface area contributed by atoms with Gasteiger partial charge in [-0.3, -0.25) is 9.59 Å². The van der Waals surface area contributed by atoms with Crippen LogP contribution in [-0.2, 0) is 15.0 Å². The summed E-state index contributed by atoms with van der Waals surface area (Å²) in [5.74, 6) is -2.37. The van der Waals surface area contributed by atoms with Gasteiger partial charge in [0.15, 0.2) is 0 Å². The Morgan fingerprint density at radius 3 is 2.27 bits per heavy atom. The van der Waals surface area contributed by atoms with Gasteiger partial charge in [-0.1, -0.05) is 75.4 Å². The molecule has 0 saturated carbocycles. The fourth-order valence-electron chi connectivity index (χ4n) is 4.34. The van der Waals surface area contributed by atoms with Crippen molar-refractivity contribution in [3.05, 3.63) is 66.2 Å². The van der Waals surface area contributed by atoms with Crippen LogP contribution in [0, 0.1) is 11.8 Å². The first-order chi connectivity index (χ1) is 14.3. The van der Waals surface area contributed by atoms with Crippen molar-refractivity contribution in [1.82, 2.24) is 0 Å². The molecule has 1 aliphatic carbocycles. The van der Waals surface area contributed by atoms with E-state index >= 15 is 0 Å². The molecule has 2 unspecified atom stereocenters. The Morgan fingerprint density at radius 2 is 1.57 bits per heavy atom. The van der Waals surface area contributed by atoms with Gasteiger partial charge in [0, 0.05) is 10.8 Å². The summed E-state index contributed by atoms with van der Waals surface area (Å²) in [7, 11) is 0. The van der Waals surface area contributed by atoms with Crippen molar-refractivity contribution in [3.63, 3.8) is 0 Å². The van der Waals surface area contributed by atoms with E-state index in [1.807, 2.05) is 48.6 Å². The third kappa shape index (κ3) is 3.58. The average molecular weight is 402 g/mol. The summed E-state index contributed by atoms with van der Waals surface area (Å²) < 4.78 is 5.99. The minimum absolute atomic E-state index is 0.0776. The smallest absolute Gasteiger partial charge is 0.315 e. The number of carboxylic acids is 1. The molecule has 0 fully saturated rings. The van der Waals surface area contributed by atoms with Crippen LogP contribution in [0.2, 0.25) is 0 Å². The summed E-state index contributed by atoms with van der Waals surface area (Å²) in [5.41, 5.74) is 1.10. The molecule has 3 aromatic rings. The minimum Gasteiger partial charge on any atom is -0.481 e. The topological polar surface area (TPSA) is 63.6 Å². The van der Waals surface area contributed by atoms with Gasteiger partial charge in [0.2, 0.25) is 0 Å². The van der Waals surface area contributed by atoms with Crippen LogP contribution in [0.25, 0.3) is 21.5 Å². The second-order valence-electron chi connectivity index (χ2n) is 8.99. The van der Waals surface area contributed by atoms with Gasteiger partial charge in [0.1, 0.15) is 5.75 Å². The number of ether oxygens (including phenoxy) is 1. The fourth-order valence-corrected chi connectivity index (χ4v) is 4.34. The molecule has 0 radical (unpaired) electrons. The molecular formula is C26H26O4. The first kappa shape index (κ1) is 20.1.